The van der Waals surface area contributed by atoms with Gasteiger partial charge in [-0.05, 0) is 37.0 Å². The average molecular weight is 344 g/mol. The van der Waals surface area contributed by atoms with E-state index in [1.54, 1.807) is 0 Å². The van der Waals surface area contributed by atoms with Crippen molar-refractivity contribution in [2.75, 3.05) is 10.2 Å². The Morgan fingerprint density at radius 3 is 2.54 bits per heavy atom. The van der Waals surface area contributed by atoms with Crippen molar-refractivity contribution < 1.29 is 0 Å². The molecule has 0 saturated heterocycles. The summed E-state index contributed by atoms with van der Waals surface area (Å²) in [5.41, 5.74) is 5.04. The summed E-state index contributed by atoms with van der Waals surface area (Å²) in [6.45, 7) is 5.92. The van der Waals surface area contributed by atoms with Gasteiger partial charge in [-0.3, -0.25) is 0 Å². The Hall–Kier alpha value is -2.88. The van der Waals surface area contributed by atoms with Gasteiger partial charge in [-0.1, -0.05) is 54.6 Å². The lowest BCUT2D eigenvalue weighted by Gasteiger charge is -2.36. The summed E-state index contributed by atoms with van der Waals surface area (Å²) in [6.07, 6.45) is 1.05. The molecule has 26 heavy (non-hydrogen) atoms. The first kappa shape index (κ1) is 16.6. The molecule has 3 aromatic rings. The smallest absolute Gasteiger partial charge is 0.225 e. The van der Waals surface area contributed by atoms with E-state index in [1.165, 1.54) is 16.7 Å². The average Bonchev–Trinajstić information content (AvgIpc) is 2.66. The molecule has 2 aromatic carbocycles. The van der Waals surface area contributed by atoms with E-state index in [4.69, 9.17) is 4.98 Å². The van der Waals surface area contributed by atoms with Gasteiger partial charge in [0.25, 0.3) is 0 Å². The van der Waals surface area contributed by atoms with Crippen LogP contribution >= 0.6 is 0 Å². The van der Waals surface area contributed by atoms with E-state index in [-0.39, 0.29) is 0 Å². The van der Waals surface area contributed by atoms with Gasteiger partial charge in [0.1, 0.15) is 5.82 Å². The zero-order valence-electron chi connectivity index (χ0n) is 15.3. The number of hydrogen-bond acceptors (Lipinski definition) is 4. The monoisotopic (exact) mass is 344 g/mol. The Labute approximate surface area is 154 Å². The quantitative estimate of drug-likeness (QED) is 0.764. The lowest BCUT2D eigenvalue weighted by atomic mass is 9.95. The molecule has 4 nitrogen and oxygen atoms in total. The molecule has 132 valence electrons. The predicted molar refractivity (Wildman–Crippen MR) is 106 cm³/mol. The zero-order chi connectivity index (χ0) is 17.9. The summed E-state index contributed by atoms with van der Waals surface area (Å²) in [7, 11) is 0. The molecule has 2 heterocycles. The van der Waals surface area contributed by atoms with Crippen LogP contribution in [0.25, 0.3) is 0 Å². The van der Waals surface area contributed by atoms with Crippen LogP contribution in [-0.4, -0.2) is 16.0 Å². The summed E-state index contributed by atoms with van der Waals surface area (Å²) in [5.74, 6) is 1.69. The van der Waals surface area contributed by atoms with Crippen molar-refractivity contribution in [2.45, 2.75) is 39.4 Å². The van der Waals surface area contributed by atoms with Crippen molar-refractivity contribution in [3.05, 3.63) is 83.0 Å². The van der Waals surface area contributed by atoms with Crippen LogP contribution < -0.4 is 10.2 Å². The minimum atomic E-state index is 0.418. The highest BCUT2D eigenvalue weighted by Gasteiger charge is 2.24. The molecule has 0 fully saturated rings. The van der Waals surface area contributed by atoms with Crippen molar-refractivity contribution in [1.29, 1.82) is 0 Å². The fourth-order valence-electron chi connectivity index (χ4n) is 3.54. The third-order valence-corrected chi connectivity index (χ3v) is 4.93. The highest BCUT2D eigenvalue weighted by molar-refractivity contribution is 5.49. The van der Waals surface area contributed by atoms with Gasteiger partial charge in [0.2, 0.25) is 5.95 Å². The molecule has 1 N–H and O–H groups in total. The van der Waals surface area contributed by atoms with E-state index >= 15 is 0 Å². The fraction of sp³-hybridized carbons (Fsp3) is 0.273. The van der Waals surface area contributed by atoms with Crippen molar-refractivity contribution in [3.8, 4) is 0 Å². The summed E-state index contributed by atoms with van der Waals surface area (Å²) in [6, 6.07) is 21.5. The Balaban J connectivity index is 1.56. The second kappa shape index (κ2) is 7.16. The van der Waals surface area contributed by atoms with E-state index in [0.717, 1.165) is 31.0 Å². The molecule has 4 heteroatoms. The van der Waals surface area contributed by atoms with E-state index < -0.39 is 0 Å². The number of aryl methyl sites for hydroxylation is 1. The standard InChI is InChI=1S/C22H24N4/c1-16-12-21(25-22(24-16)23-14-18-8-4-3-5-9-18)26-15-20-11-7-6-10-19(20)13-17(26)2/h3-12,17H,13-15H2,1-2H3,(H,23,24,25)/t17-/m0/s1. The number of nitrogens with zero attached hydrogens (tertiary/aromatic N) is 3. The third kappa shape index (κ3) is 3.54. The topological polar surface area (TPSA) is 41.1 Å². The second-order valence-corrected chi connectivity index (χ2v) is 6.98. The van der Waals surface area contributed by atoms with Crippen molar-refractivity contribution in [2.24, 2.45) is 0 Å². The van der Waals surface area contributed by atoms with Gasteiger partial charge < -0.3 is 10.2 Å². The maximum Gasteiger partial charge on any atom is 0.225 e. The minimum absolute atomic E-state index is 0.418. The molecule has 0 bridgehead atoms. The molecule has 1 aliphatic heterocycles. The van der Waals surface area contributed by atoms with Gasteiger partial charge in [0, 0.05) is 30.9 Å². The molecule has 0 spiro atoms. The Morgan fingerprint density at radius 1 is 1.00 bits per heavy atom. The molecule has 0 radical (unpaired) electrons. The molecule has 4 rings (SSSR count). The van der Waals surface area contributed by atoms with Crippen LogP contribution in [0.3, 0.4) is 0 Å². The van der Waals surface area contributed by atoms with Crippen molar-refractivity contribution >= 4 is 11.8 Å². The number of benzene rings is 2. The summed E-state index contributed by atoms with van der Waals surface area (Å²) in [5, 5.41) is 3.37. The van der Waals surface area contributed by atoms with Crippen LogP contribution in [0.4, 0.5) is 11.8 Å². The largest absolute Gasteiger partial charge is 0.350 e. The van der Waals surface area contributed by atoms with Gasteiger partial charge in [0.05, 0.1) is 0 Å². The lowest BCUT2D eigenvalue weighted by Crippen LogP contribution is -2.39. The van der Waals surface area contributed by atoms with E-state index in [9.17, 15) is 0 Å². The normalized spacial score (nSPS) is 16.2. The first-order chi connectivity index (χ1) is 12.7. The molecule has 0 amide bonds. The zero-order valence-corrected chi connectivity index (χ0v) is 15.3. The molecule has 0 aliphatic carbocycles. The van der Waals surface area contributed by atoms with Crippen LogP contribution in [0.2, 0.25) is 0 Å². The maximum absolute atomic E-state index is 4.80. The van der Waals surface area contributed by atoms with Gasteiger partial charge in [-0.15, -0.1) is 0 Å². The lowest BCUT2D eigenvalue weighted by molar-refractivity contribution is 0.586. The van der Waals surface area contributed by atoms with E-state index in [1.807, 2.05) is 25.1 Å². The van der Waals surface area contributed by atoms with E-state index in [2.05, 4.69) is 64.6 Å². The van der Waals surface area contributed by atoms with Gasteiger partial charge >= 0.3 is 0 Å². The van der Waals surface area contributed by atoms with Crippen LogP contribution in [0, 0.1) is 6.92 Å². The maximum atomic E-state index is 4.80. The fourth-order valence-corrected chi connectivity index (χ4v) is 3.54. The summed E-state index contributed by atoms with van der Waals surface area (Å²) in [4.78, 5) is 11.7. The highest BCUT2D eigenvalue weighted by atomic mass is 15.2. The number of hydrogen-bond donors (Lipinski definition) is 1. The number of aromatic nitrogens is 2. The Kier molecular flexibility index (Phi) is 4.57. The molecule has 0 saturated carbocycles. The third-order valence-electron chi connectivity index (χ3n) is 4.93. The van der Waals surface area contributed by atoms with Gasteiger partial charge in [-0.2, -0.15) is 4.98 Å². The van der Waals surface area contributed by atoms with Crippen molar-refractivity contribution in [3.63, 3.8) is 0 Å². The summed E-state index contributed by atoms with van der Waals surface area (Å²) < 4.78 is 0. The highest BCUT2D eigenvalue weighted by Crippen LogP contribution is 2.28. The number of nitrogens with one attached hydrogen (secondary N) is 1. The second-order valence-electron chi connectivity index (χ2n) is 6.98. The SMILES string of the molecule is Cc1cc(N2Cc3ccccc3C[C@@H]2C)nc(NCc2ccccc2)n1. The molecule has 1 atom stereocenters. The first-order valence-corrected chi connectivity index (χ1v) is 9.16. The number of rotatable bonds is 4. The number of anilines is 2. The Bertz CT molecular complexity index is 892. The van der Waals surface area contributed by atoms with Crippen LogP contribution in [0.5, 0.6) is 0 Å². The number of fused-ring (bicyclic) bond motifs is 1. The van der Waals surface area contributed by atoms with Crippen LogP contribution in [0.15, 0.2) is 60.7 Å². The van der Waals surface area contributed by atoms with Gasteiger partial charge in [-0.25, -0.2) is 4.98 Å². The minimum Gasteiger partial charge on any atom is -0.350 e. The Morgan fingerprint density at radius 2 is 1.73 bits per heavy atom. The molecular weight excluding hydrogens is 320 g/mol. The first-order valence-electron chi connectivity index (χ1n) is 9.16. The predicted octanol–water partition coefficient (Wildman–Crippen LogP) is 4.35. The van der Waals surface area contributed by atoms with E-state index in [0.29, 0.717) is 12.0 Å². The van der Waals surface area contributed by atoms with Crippen molar-refractivity contribution in [1.82, 2.24) is 9.97 Å². The summed E-state index contributed by atoms with van der Waals surface area (Å²) >= 11 is 0. The molecule has 0 unspecified atom stereocenters. The molecular formula is C22H24N4. The van der Waals surface area contributed by atoms with Gasteiger partial charge in [0.15, 0.2) is 0 Å². The van der Waals surface area contributed by atoms with Crippen LogP contribution in [-0.2, 0) is 19.5 Å². The molecule has 1 aromatic heterocycles. The molecule has 1 aliphatic rings. The van der Waals surface area contributed by atoms with Crippen LogP contribution in [0.1, 0.15) is 29.3 Å².